The van der Waals surface area contributed by atoms with Crippen LogP contribution in [0.3, 0.4) is 0 Å². The zero-order chi connectivity index (χ0) is 17.7. The summed E-state index contributed by atoms with van der Waals surface area (Å²) in [4.78, 5) is 24.9. The molecule has 126 valence electrons. The number of carboxylic acid groups (broad SMARTS) is 1. The summed E-state index contributed by atoms with van der Waals surface area (Å²) >= 11 is 11.8. The number of carbonyl (C=O) groups is 2. The predicted octanol–water partition coefficient (Wildman–Crippen LogP) is 3.14. The molecule has 1 aliphatic rings. The van der Waals surface area contributed by atoms with Gasteiger partial charge in [0.2, 0.25) is 0 Å². The highest BCUT2D eigenvalue weighted by Gasteiger charge is 2.24. The van der Waals surface area contributed by atoms with Gasteiger partial charge in [0.1, 0.15) is 11.6 Å². The van der Waals surface area contributed by atoms with Crippen molar-refractivity contribution in [2.24, 2.45) is 5.92 Å². The zero-order valence-corrected chi connectivity index (χ0v) is 14.1. The van der Waals surface area contributed by atoms with Crippen LogP contribution in [-0.2, 0) is 9.59 Å². The van der Waals surface area contributed by atoms with Gasteiger partial charge in [0.15, 0.2) is 0 Å². The molecule has 2 N–H and O–H groups in total. The molecule has 2 rings (SSSR count). The van der Waals surface area contributed by atoms with Gasteiger partial charge >= 0.3 is 5.97 Å². The van der Waals surface area contributed by atoms with Crippen LogP contribution in [0.2, 0.25) is 10.0 Å². The van der Waals surface area contributed by atoms with Crippen molar-refractivity contribution in [1.82, 2.24) is 4.90 Å². The van der Waals surface area contributed by atoms with Gasteiger partial charge in [-0.2, -0.15) is 5.26 Å². The van der Waals surface area contributed by atoms with Crippen molar-refractivity contribution in [3.8, 4) is 6.07 Å². The Hall–Kier alpha value is -2.23. The van der Waals surface area contributed by atoms with Crippen molar-refractivity contribution in [2.75, 3.05) is 18.4 Å². The van der Waals surface area contributed by atoms with Crippen LogP contribution in [0.4, 0.5) is 5.69 Å². The minimum atomic E-state index is -0.811. The summed E-state index contributed by atoms with van der Waals surface area (Å²) in [5.74, 6) is -1.77. The van der Waals surface area contributed by atoms with E-state index in [2.05, 4.69) is 5.32 Å². The number of anilines is 1. The second-order valence-electron chi connectivity index (χ2n) is 5.38. The normalized spacial score (nSPS) is 15.7. The highest BCUT2D eigenvalue weighted by molar-refractivity contribution is 6.36. The average molecular weight is 368 g/mol. The summed E-state index contributed by atoms with van der Waals surface area (Å²) < 4.78 is 0. The van der Waals surface area contributed by atoms with Crippen LogP contribution in [0.15, 0.2) is 30.0 Å². The van der Waals surface area contributed by atoms with E-state index in [4.69, 9.17) is 28.3 Å². The topological polar surface area (TPSA) is 93.4 Å². The molecule has 1 aliphatic heterocycles. The average Bonchev–Trinajstić information content (AvgIpc) is 2.55. The first-order valence-electron chi connectivity index (χ1n) is 7.26. The van der Waals surface area contributed by atoms with Crippen molar-refractivity contribution in [3.05, 3.63) is 40.0 Å². The van der Waals surface area contributed by atoms with E-state index < -0.39 is 11.9 Å². The number of aliphatic carboxylic acids is 1. The van der Waals surface area contributed by atoms with Gasteiger partial charge in [-0.1, -0.05) is 23.2 Å². The monoisotopic (exact) mass is 367 g/mol. The molecule has 0 saturated carbocycles. The quantitative estimate of drug-likeness (QED) is 0.629. The molecular weight excluding hydrogens is 353 g/mol. The van der Waals surface area contributed by atoms with Gasteiger partial charge in [-0.3, -0.25) is 9.59 Å². The van der Waals surface area contributed by atoms with E-state index in [0.29, 0.717) is 36.6 Å². The summed E-state index contributed by atoms with van der Waals surface area (Å²) in [5, 5.41) is 21.5. The number of halogens is 2. The van der Waals surface area contributed by atoms with Gasteiger partial charge in [-0.25, -0.2) is 0 Å². The lowest BCUT2D eigenvalue weighted by molar-refractivity contribution is -0.143. The third-order valence-corrected chi connectivity index (χ3v) is 4.28. The number of likely N-dealkylation sites (tertiary alicyclic amines) is 1. The highest BCUT2D eigenvalue weighted by Crippen LogP contribution is 2.26. The summed E-state index contributed by atoms with van der Waals surface area (Å²) in [6, 6.07) is 6.48. The van der Waals surface area contributed by atoms with E-state index in [1.54, 1.807) is 17.0 Å². The molecule has 1 heterocycles. The number of nitriles is 1. The van der Waals surface area contributed by atoms with E-state index in [-0.39, 0.29) is 16.5 Å². The minimum absolute atomic E-state index is 0.0743. The fourth-order valence-corrected chi connectivity index (χ4v) is 2.83. The van der Waals surface area contributed by atoms with Gasteiger partial charge in [0.05, 0.1) is 16.6 Å². The van der Waals surface area contributed by atoms with Crippen LogP contribution in [0.5, 0.6) is 0 Å². The Morgan fingerprint density at radius 3 is 2.54 bits per heavy atom. The van der Waals surface area contributed by atoms with E-state index in [1.807, 2.05) is 6.07 Å². The number of nitrogens with one attached hydrogen (secondary N) is 1. The standard InChI is InChI=1S/C16H15Cl2N3O3/c17-12-1-2-14(13(18)7-12)20-15(22)11(8-19)9-21-5-3-10(4-6-21)16(23)24/h1-2,7,9-10H,3-6H2,(H,20,22)(H,23,24)/b11-9-. The van der Waals surface area contributed by atoms with Crippen LogP contribution >= 0.6 is 23.2 Å². The number of rotatable bonds is 4. The van der Waals surface area contributed by atoms with Gasteiger partial charge < -0.3 is 15.3 Å². The first-order valence-corrected chi connectivity index (χ1v) is 8.01. The Morgan fingerprint density at radius 2 is 2.00 bits per heavy atom. The number of hydrogen-bond acceptors (Lipinski definition) is 4. The lowest BCUT2D eigenvalue weighted by atomic mass is 9.97. The molecule has 0 unspecified atom stereocenters. The van der Waals surface area contributed by atoms with Crippen LogP contribution in [0, 0.1) is 17.2 Å². The maximum Gasteiger partial charge on any atom is 0.306 e. The Morgan fingerprint density at radius 1 is 1.33 bits per heavy atom. The number of amides is 1. The molecule has 6 nitrogen and oxygen atoms in total. The van der Waals surface area contributed by atoms with E-state index >= 15 is 0 Å². The van der Waals surface area contributed by atoms with Crippen molar-refractivity contribution < 1.29 is 14.7 Å². The molecule has 1 aromatic rings. The van der Waals surface area contributed by atoms with Crippen LogP contribution < -0.4 is 5.32 Å². The number of piperidine rings is 1. The van der Waals surface area contributed by atoms with E-state index in [9.17, 15) is 14.9 Å². The van der Waals surface area contributed by atoms with Gasteiger partial charge in [-0.15, -0.1) is 0 Å². The number of nitrogens with zero attached hydrogens (tertiary/aromatic N) is 2. The number of benzene rings is 1. The number of carboxylic acids is 1. The van der Waals surface area contributed by atoms with E-state index in [0.717, 1.165) is 0 Å². The molecule has 0 spiro atoms. The molecule has 1 saturated heterocycles. The summed E-state index contributed by atoms with van der Waals surface area (Å²) in [5.41, 5.74) is 0.284. The molecule has 0 atom stereocenters. The first kappa shape index (κ1) is 18.1. The summed E-state index contributed by atoms with van der Waals surface area (Å²) in [6.45, 7) is 0.967. The van der Waals surface area contributed by atoms with Crippen LogP contribution in [-0.4, -0.2) is 35.0 Å². The fourth-order valence-electron chi connectivity index (χ4n) is 2.38. The summed E-state index contributed by atoms with van der Waals surface area (Å²) in [7, 11) is 0. The molecular formula is C16H15Cl2N3O3. The number of carbonyl (C=O) groups excluding carboxylic acids is 1. The van der Waals surface area contributed by atoms with Crippen molar-refractivity contribution >= 4 is 40.8 Å². The van der Waals surface area contributed by atoms with Gasteiger partial charge in [0, 0.05) is 24.3 Å². The van der Waals surface area contributed by atoms with Crippen molar-refractivity contribution in [3.63, 3.8) is 0 Å². The summed E-state index contributed by atoms with van der Waals surface area (Å²) in [6.07, 6.45) is 2.42. The largest absolute Gasteiger partial charge is 0.481 e. The molecule has 1 fully saturated rings. The Bertz CT molecular complexity index is 720. The molecule has 0 aromatic heterocycles. The highest BCUT2D eigenvalue weighted by atomic mass is 35.5. The van der Waals surface area contributed by atoms with Gasteiger partial charge in [-0.05, 0) is 31.0 Å². The zero-order valence-electron chi connectivity index (χ0n) is 12.6. The van der Waals surface area contributed by atoms with Crippen LogP contribution in [0.25, 0.3) is 0 Å². The molecule has 0 aliphatic carbocycles. The maximum atomic E-state index is 12.2. The molecule has 1 aromatic carbocycles. The van der Waals surface area contributed by atoms with E-state index in [1.165, 1.54) is 12.3 Å². The third kappa shape index (κ3) is 4.63. The Balaban J connectivity index is 2.04. The molecule has 8 heteroatoms. The number of hydrogen-bond donors (Lipinski definition) is 2. The fraction of sp³-hybridized carbons (Fsp3) is 0.312. The van der Waals surface area contributed by atoms with Crippen molar-refractivity contribution in [1.29, 1.82) is 5.26 Å². The smallest absolute Gasteiger partial charge is 0.306 e. The molecule has 24 heavy (non-hydrogen) atoms. The first-order chi connectivity index (χ1) is 11.4. The van der Waals surface area contributed by atoms with Crippen LogP contribution in [0.1, 0.15) is 12.8 Å². The third-order valence-electron chi connectivity index (χ3n) is 3.73. The molecule has 1 amide bonds. The Kier molecular flexibility index (Phi) is 6.07. The predicted molar refractivity (Wildman–Crippen MR) is 90.7 cm³/mol. The molecule has 0 radical (unpaired) electrons. The second kappa shape index (κ2) is 8.04. The van der Waals surface area contributed by atoms with Gasteiger partial charge in [0.25, 0.3) is 5.91 Å². The lowest BCUT2D eigenvalue weighted by Gasteiger charge is -2.29. The SMILES string of the molecule is N#C/C(=C/N1CCC(C(=O)O)CC1)C(=O)Nc1ccc(Cl)cc1Cl. The second-order valence-corrected chi connectivity index (χ2v) is 6.22. The lowest BCUT2D eigenvalue weighted by Crippen LogP contribution is -2.33. The minimum Gasteiger partial charge on any atom is -0.481 e. The maximum absolute atomic E-state index is 12.2. The van der Waals surface area contributed by atoms with Crippen molar-refractivity contribution in [2.45, 2.75) is 12.8 Å². The Labute approximate surface area is 149 Å². The molecule has 0 bridgehead atoms.